The number of hydrogen-bond donors (Lipinski definition) is 1. The predicted molar refractivity (Wildman–Crippen MR) is 106 cm³/mol. The molecule has 1 amide bonds. The van der Waals surface area contributed by atoms with Crippen molar-refractivity contribution in [2.75, 3.05) is 13.1 Å². The van der Waals surface area contributed by atoms with E-state index in [-0.39, 0.29) is 36.8 Å². The summed E-state index contributed by atoms with van der Waals surface area (Å²) >= 11 is 1.80. The van der Waals surface area contributed by atoms with Crippen LogP contribution >= 0.6 is 36.2 Å². The lowest BCUT2D eigenvalue weighted by atomic mass is 9.97. The largest absolute Gasteiger partial charge is 0.343 e. The number of halogens is 2. The predicted octanol–water partition coefficient (Wildman–Crippen LogP) is 3.97. The van der Waals surface area contributed by atoms with Crippen LogP contribution in [0.2, 0.25) is 0 Å². The average Bonchev–Trinajstić information content (AvgIpc) is 2.96. The van der Waals surface area contributed by atoms with Gasteiger partial charge in [-0.3, -0.25) is 4.79 Å². The van der Waals surface area contributed by atoms with Crippen LogP contribution in [0, 0.1) is 0 Å². The van der Waals surface area contributed by atoms with Crippen molar-refractivity contribution in [3.63, 3.8) is 0 Å². The van der Waals surface area contributed by atoms with Crippen LogP contribution in [0.5, 0.6) is 0 Å². The molecule has 0 radical (unpaired) electrons. The molecule has 0 aliphatic carbocycles. The number of likely N-dealkylation sites (tertiary alicyclic amines) is 1. The number of nitrogens with zero attached hydrogens (tertiary/aromatic N) is 2. The molecule has 134 valence electrons. The van der Waals surface area contributed by atoms with Crippen molar-refractivity contribution in [3.8, 4) is 0 Å². The Hall–Kier alpha value is -0.880. The molecule has 2 heterocycles. The zero-order chi connectivity index (χ0) is 15.5. The summed E-state index contributed by atoms with van der Waals surface area (Å²) < 4.78 is 1.26. The Bertz CT molecular complexity index is 621. The first-order valence-electron chi connectivity index (χ1n) is 8.02. The van der Waals surface area contributed by atoms with Crippen molar-refractivity contribution in [1.29, 1.82) is 0 Å². The van der Waals surface area contributed by atoms with Crippen LogP contribution in [0.4, 0.5) is 0 Å². The average molecular weight is 390 g/mol. The molecular weight excluding hydrogens is 365 g/mol. The third kappa shape index (κ3) is 5.06. The lowest BCUT2D eigenvalue weighted by molar-refractivity contribution is -0.132. The van der Waals surface area contributed by atoms with Gasteiger partial charge < -0.3 is 10.6 Å². The fourth-order valence-corrected chi connectivity index (χ4v) is 4.09. The molecule has 0 saturated carbocycles. The summed E-state index contributed by atoms with van der Waals surface area (Å²) in [6.07, 6.45) is 3.38. The second-order valence-corrected chi connectivity index (χ2v) is 7.25. The smallest absolute Gasteiger partial charge is 0.222 e. The Kier molecular flexibility index (Phi) is 8.43. The molecule has 0 bridgehead atoms. The highest BCUT2D eigenvalue weighted by molar-refractivity contribution is 7.18. The van der Waals surface area contributed by atoms with E-state index in [1.807, 2.05) is 17.9 Å². The molecule has 7 heteroatoms. The topological polar surface area (TPSA) is 59.2 Å². The number of rotatable bonds is 4. The molecule has 3 rings (SSSR count). The Morgan fingerprint density at radius 3 is 2.62 bits per heavy atom. The van der Waals surface area contributed by atoms with Crippen LogP contribution in [0.1, 0.15) is 43.5 Å². The molecule has 4 nitrogen and oxygen atoms in total. The van der Waals surface area contributed by atoms with Gasteiger partial charge in [0.25, 0.3) is 0 Å². The first-order valence-corrected chi connectivity index (χ1v) is 8.84. The van der Waals surface area contributed by atoms with E-state index in [2.05, 4.69) is 18.2 Å². The van der Waals surface area contributed by atoms with Gasteiger partial charge in [-0.1, -0.05) is 12.1 Å². The van der Waals surface area contributed by atoms with E-state index in [9.17, 15) is 4.79 Å². The minimum Gasteiger partial charge on any atom is -0.343 e. The maximum absolute atomic E-state index is 12.1. The quantitative estimate of drug-likeness (QED) is 0.859. The molecule has 1 aliphatic heterocycles. The van der Waals surface area contributed by atoms with Gasteiger partial charge in [0.05, 0.1) is 15.2 Å². The summed E-state index contributed by atoms with van der Waals surface area (Å²) in [6.45, 7) is 3.64. The van der Waals surface area contributed by atoms with Crippen molar-refractivity contribution >= 4 is 52.3 Å². The summed E-state index contributed by atoms with van der Waals surface area (Å²) in [4.78, 5) is 18.9. The SMILES string of the molecule is CC(N)CCC(=O)N1CCC(c2nc3ccccc3s2)CC1.Cl.Cl. The zero-order valence-electron chi connectivity index (χ0n) is 13.8. The van der Waals surface area contributed by atoms with Gasteiger partial charge in [0, 0.05) is 31.5 Å². The number of amides is 1. The minimum atomic E-state index is 0. The number of piperidine rings is 1. The molecule has 1 aromatic heterocycles. The van der Waals surface area contributed by atoms with Crippen molar-refractivity contribution in [3.05, 3.63) is 29.3 Å². The maximum atomic E-state index is 12.1. The fourth-order valence-electron chi connectivity index (χ4n) is 2.95. The van der Waals surface area contributed by atoms with Crippen LogP contribution in [0.15, 0.2) is 24.3 Å². The second kappa shape index (κ2) is 9.56. The number of nitrogens with two attached hydrogens (primary N) is 1. The second-order valence-electron chi connectivity index (χ2n) is 6.19. The van der Waals surface area contributed by atoms with Gasteiger partial charge in [-0.2, -0.15) is 0 Å². The maximum Gasteiger partial charge on any atom is 0.222 e. The van der Waals surface area contributed by atoms with E-state index in [1.165, 1.54) is 9.71 Å². The van der Waals surface area contributed by atoms with Crippen LogP contribution in [0.3, 0.4) is 0 Å². The van der Waals surface area contributed by atoms with E-state index in [0.717, 1.165) is 37.9 Å². The van der Waals surface area contributed by atoms with Crippen LogP contribution < -0.4 is 5.73 Å². The molecule has 1 saturated heterocycles. The van der Waals surface area contributed by atoms with Crippen molar-refractivity contribution in [2.24, 2.45) is 5.73 Å². The number of thiazole rings is 1. The summed E-state index contributed by atoms with van der Waals surface area (Å²) in [5.41, 5.74) is 6.82. The van der Waals surface area contributed by atoms with Crippen molar-refractivity contribution in [1.82, 2.24) is 9.88 Å². The monoisotopic (exact) mass is 389 g/mol. The standard InChI is InChI=1S/C17H23N3OS.2ClH/c1-12(18)6-7-16(21)20-10-8-13(9-11-20)17-19-14-4-2-3-5-15(14)22-17;;/h2-5,12-13H,6-11,18H2,1H3;2*1H. The number of fused-ring (bicyclic) bond motifs is 1. The highest BCUT2D eigenvalue weighted by Crippen LogP contribution is 2.33. The number of benzene rings is 1. The first kappa shape index (κ1) is 21.2. The number of carbonyl (C=O) groups is 1. The van der Waals surface area contributed by atoms with E-state index in [0.29, 0.717) is 12.3 Å². The van der Waals surface area contributed by atoms with Gasteiger partial charge in [-0.15, -0.1) is 36.2 Å². The summed E-state index contributed by atoms with van der Waals surface area (Å²) in [7, 11) is 0. The first-order chi connectivity index (χ1) is 10.6. The van der Waals surface area contributed by atoms with Crippen LogP contribution in [0.25, 0.3) is 10.2 Å². The molecular formula is C17H25Cl2N3OS. The third-order valence-corrected chi connectivity index (χ3v) is 5.52. The highest BCUT2D eigenvalue weighted by atomic mass is 35.5. The summed E-state index contributed by atoms with van der Waals surface area (Å²) in [5.74, 6) is 0.745. The molecule has 1 atom stereocenters. The lowest BCUT2D eigenvalue weighted by Crippen LogP contribution is -2.38. The normalized spacial score (nSPS) is 16.3. The van der Waals surface area contributed by atoms with Gasteiger partial charge in [0.2, 0.25) is 5.91 Å². The van der Waals surface area contributed by atoms with Gasteiger partial charge in [0.1, 0.15) is 0 Å². The molecule has 1 aromatic carbocycles. The van der Waals surface area contributed by atoms with Gasteiger partial charge in [-0.05, 0) is 38.3 Å². The lowest BCUT2D eigenvalue weighted by Gasteiger charge is -2.31. The molecule has 1 aliphatic rings. The summed E-state index contributed by atoms with van der Waals surface area (Å²) in [6, 6.07) is 8.39. The van der Waals surface area contributed by atoms with Crippen molar-refractivity contribution < 1.29 is 4.79 Å². The van der Waals surface area contributed by atoms with E-state index in [4.69, 9.17) is 10.7 Å². The molecule has 24 heavy (non-hydrogen) atoms. The number of hydrogen-bond acceptors (Lipinski definition) is 4. The molecule has 2 N–H and O–H groups in total. The zero-order valence-corrected chi connectivity index (χ0v) is 16.3. The molecule has 1 fully saturated rings. The Labute approximate surface area is 159 Å². The molecule has 0 spiro atoms. The van der Waals surface area contributed by atoms with Gasteiger partial charge in [0.15, 0.2) is 0 Å². The summed E-state index contributed by atoms with van der Waals surface area (Å²) in [5, 5.41) is 1.23. The minimum absolute atomic E-state index is 0. The van der Waals surface area contributed by atoms with E-state index >= 15 is 0 Å². The van der Waals surface area contributed by atoms with Gasteiger partial charge >= 0.3 is 0 Å². The van der Waals surface area contributed by atoms with Crippen LogP contribution in [-0.4, -0.2) is 34.9 Å². The van der Waals surface area contributed by atoms with E-state index in [1.54, 1.807) is 11.3 Å². The number of carbonyl (C=O) groups excluding carboxylic acids is 1. The molecule has 1 unspecified atom stereocenters. The molecule has 2 aromatic rings. The van der Waals surface area contributed by atoms with E-state index < -0.39 is 0 Å². The van der Waals surface area contributed by atoms with Crippen molar-refractivity contribution in [2.45, 2.75) is 44.6 Å². The Morgan fingerprint density at radius 1 is 1.33 bits per heavy atom. The number of para-hydroxylation sites is 1. The number of aromatic nitrogens is 1. The Balaban J connectivity index is 0.00000144. The highest BCUT2D eigenvalue weighted by Gasteiger charge is 2.25. The van der Waals surface area contributed by atoms with Crippen LogP contribution in [-0.2, 0) is 4.79 Å². The Morgan fingerprint density at radius 2 is 2.00 bits per heavy atom. The third-order valence-electron chi connectivity index (χ3n) is 4.32. The fraction of sp³-hybridized carbons (Fsp3) is 0.529. The van der Waals surface area contributed by atoms with Gasteiger partial charge in [-0.25, -0.2) is 4.98 Å².